The number of anilines is 1. The van der Waals surface area contributed by atoms with Crippen LogP contribution in [0.25, 0.3) is 0 Å². The molecule has 0 atom stereocenters. The first-order chi connectivity index (χ1) is 9.38. The standard InChI is InChI=1S/C12H9ClF3N3S/c13-8-2-1-3-9(6-8)20-11-5-7(12(14,15)16)4-10(18-11)19-17/h1-6H,17H2,(H,18,19). The van der Waals surface area contributed by atoms with Gasteiger partial charge in [0, 0.05) is 9.92 Å². The molecule has 1 heterocycles. The SMILES string of the molecule is NNc1cc(C(F)(F)F)cc(Sc2cccc(Cl)c2)n1. The Morgan fingerprint density at radius 3 is 2.55 bits per heavy atom. The van der Waals surface area contributed by atoms with Gasteiger partial charge in [-0.1, -0.05) is 29.4 Å². The molecule has 0 aliphatic rings. The summed E-state index contributed by atoms with van der Waals surface area (Å²) in [7, 11) is 0. The van der Waals surface area contributed by atoms with Crippen LogP contribution in [0.2, 0.25) is 5.02 Å². The van der Waals surface area contributed by atoms with E-state index in [1.54, 1.807) is 24.3 Å². The van der Waals surface area contributed by atoms with E-state index in [1.807, 2.05) is 0 Å². The average Bonchev–Trinajstić information content (AvgIpc) is 2.37. The van der Waals surface area contributed by atoms with Crippen molar-refractivity contribution in [2.24, 2.45) is 5.84 Å². The van der Waals surface area contributed by atoms with Crippen LogP contribution in [0.5, 0.6) is 0 Å². The van der Waals surface area contributed by atoms with Gasteiger partial charge in [0.1, 0.15) is 10.8 Å². The summed E-state index contributed by atoms with van der Waals surface area (Å²) in [5.74, 6) is 5.09. The maximum absolute atomic E-state index is 12.8. The van der Waals surface area contributed by atoms with Crippen LogP contribution in [-0.2, 0) is 6.18 Å². The number of nitrogen functional groups attached to an aromatic ring is 1. The van der Waals surface area contributed by atoms with Gasteiger partial charge < -0.3 is 5.43 Å². The number of nitrogens with zero attached hydrogens (tertiary/aromatic N) is 1. The van der Waals surface area contributed by atoms with Gasteiger partial charge in [0.05, 0.1) is 5.56 Å². The largest absolute Gasteiger partial charge is 0.416 e. The van der Waals surface area contributed by atoms with Crippen molar-refractivity contribution in [2.75, 3.05) is 5.43 Å². The van der Waals surface area contributed by atoms with Gasteiger partial charge in [0.2, 0.25) is 0 Å². The van der Waals surface area contributed by atoms with Crippen molar-refractivity contribution in [1.29, 1.82) is 0 Å². The molecule has 0 aliphatic carbocycles. The Morgan fingerprint density at radius 2 is 1.95 bits per heavy atom. The summed E-state index contributed by atoms with van der Waals surface area (Å²) in [5, 5.41) is 0.675. The highest BCUT2D eigenvalue weighted by Crippen LogP contribution is 2.35. The van der Waals surface area contributed by atoms with Crippen molar-refractivity contribution < 1.29 is 13.2 Å². The van der Waals surface area contributed by atoms with Gasteiger partial charge in [0.15, 0.2) is 0 Å². The molecular weight excluding hydrogens is 311 g/mol. The fourth-order valence-electron chi connectivity index (χ4n) is 1.45. The number of nitrogens with two attached hydrogens (primary N) is 1. The van der Waals surface area contributed by atoms with Crippen molar-refractivity contribution >= 4 is 29.2 Å². The third kappa shape index (κ3) is 3.78. The minimum atomic E-state index is -4.46. The molecule has 1 aromatic heterocycles. The topological polar surface area (TPSA) is 50.9 Å². The molecule has 106 valence electrons. The van der Waals surface area contributed by atoms with Crippen LogP contribution in [0.1, 0.15) is 5.56 Å². The molecule has 0 unspecified atom stereocenters. The molecule has 0 amide bonds. The highest BCUT2D eigenvalue weighted by atomic mass is 35.5. The number of alkyl halides is 3. The lowest BCUT2D eigenvalue weighted by atomic mass is 10.2. The maximum atomic E-state index is 12.8. The van der Waals surface area contributed by atoms with Crippen LogP contribution < -0.4 is 11.3 Å². The van der Waals surface area contributed by atoms with Crippen molar-refractivity contribution in [3.63, 3.8) is 0 Å². The second-order valence-corrected chi connectivity index (χ2v) is 5.31. The zero-order valence-corrected chi connectivity index (χ0v) is 11.5. The lowest BCUT2D eigenvalue weighted by molar-refractivity contribution is -0.137. The van der Waals surface area contributed by atoms with Crippen LogP contribution in [-0.4, -0.2) is 4.98 Å². The van der Waals surface area contributed by atoms with Crippen LogP contribution in [0.15, 0.2) is 46.3 Å². The fourth-order valence-corrected chi connectivity index (χ4v) is 2.61. The second kappa shape index (κ2) is 5.90. The van der Waals surface area contributed by atoms with E-state index in [0.717, 1.165) is 23.9 Å². The van der Waals surface area contributed by atoms with Gasteiger partial charge >= 0.3 is 6.18 Å². The van der Waals surface area contributed by atoms with Gasteiger partial charge in [0.25, 0.3) is 0 Å². The Morgan fingerprint density at radius 1 is 1.20 bits per heavy atom. The fraction of sp³-hybridized carbons (Fsp3) is 0.0833. The minimum Gasteiger partial charge on any atom is -0.308 e. The molecule has 0 fully saturated rings. The van der Waals surface area contributed by atoms with Gasteiger partial charge in [-0.15, -0.1) is 0 Å². The van der Waals surface area contributed by atoms with Gasteiger partial charge in [-0.3, -0.25) is 0 Å². The normalized spacial score (nSPS) is 11.4. The summed E-state index contributed by atoms with van der Waals surface area (Å²) in [6, 6.07) is 8.57. The molecule has 3 nitrogen and oxygen atoms in total. The molecule has 2 aromatic rings. The van der Waals surface area contributed by atoms with Crippen molar-refractivity contribution in [3.8, 4) is 0 Å². The lowest BCUT2D eigenvalue weighted by Gasteiger charge is -2.11. The number of halogens is 4. The molecule has 0 saturated heterocycles. The predicted octanol–water partition coefficient (Wildman–Crippen LogP) is 4.19. The number of nitrogens with one attached hydrogen (secondary N) is 1. The summed E-state index contributed by atoms with van der Waals surface area (Å²) in [6.45, 7) is 0. The van der Waals surface area contributed by atoms with E-state index in [9.17, 15) is 13.2 Å². The third-order valence-electron chi connectivity index (χ3n) is 2.30. The molecule has 3 N–H and O–H groups in total. The van der Waals surface area contributed by atoms with E-state index < -0.39 is 11.7 Å². The Bertz CT molecular complexity index is 619. The van der Waals surface area contributed by atoms with Crippen LogP contribution >= 0.6 is 23.4 Å². The number of pyridine rings is 1. The first kappa shape index (κ1) is 15.0. The van der Waals surface area contributed by atoms with Crippen molar-refractivity contribution in [3.05, 3.63) is 47.0 Å². The molecule has 1 aromatic carbocycles. The average molecular weight is 320 g/mol. The molecule has 20 heavy (non-hydrogen) atoms. The first-order valence-corrected chi connectivity index (χ1v) is 6.57. The van der Waals surface area contributed by atoms with Gasteiger partial charge in [-0.2, -0.15) is 13.2 Å². The zero-order valence-electron chi connectivity index (χ0n) is 9.91. The van der Waals surface area contributed by atoms with Crippen LogP contribution in [0.4, 0.5) is 19.0 Å². The quantitative estimate of drug-likeness (QED) is 0.658. The van der Waals surface area contributed by atoms with E-state index in [1.165, 1.54) is 0 Å². The van der Waals surface area contributed by atoms with Crippen molar-refractivity contribution in [1.82, 2.24) is 4.98 Å². The Labute approximate surface area is 122 Å². The minimum absolute atomic E-state index is 0.0515. The third-order valence-corrected chi connectivity index (χ3v) is 3.44. The maximum Gasteiger partial charge on any atom is 0.416 e. The first-order valence-electron chi connectivity index (χ1n) is 5.38. The number of benzene rings is 1. The Kier molecular flexibility index (Phi) is 4.42. The van der Waals surface area contributed by atoms with E-state index in [0.29, 0.717) is 9.92 Å². The highest BCUT2D eigenvalue weighted by Gasteiger charge is 2.31. The van der Waals surface area contributed by atoms with E-state index >= 15 is 0 Å². The molecule has 0 aliphatic heterocycles. The van der Waals surface area contributed by atoms with Crippen LogP contribution in [0.3, 0.4) is 0 Å². The van der Waals surface area contributed by atoms with Gasteiger partial charge in [-0.25, -0.2) is 10.8 Å². The molecular formula is C12H9ClF3N3S. The Balaban J connectivity index is 2.36. The summed E-state index contributed by atoms with van der Waals surface area (Å²) < 4.78 is 38.3. The summed E-state index contributed by atoms with van der Waals surface area (Å²) >= 11 is 6.90. The van der Waals surface area contributed by atoms with E-state index in [-0.39, 0.29) is 10.8 Å². The lowest BCUT2D eigenvalue weighted by Crippen LogP contribution is -2.12. The van der Waals surface area contributed by atoms with E-state index in [4.69, 9.17) is 17.4 Å². The number of rotatable bonds is 3. The zero-order chi connectivity index (χ0) is 14.8. The highest BCUT2D eigenvalue weighted by molar-refractivity contribution is 7.99. The summed E-state index contributed by atoms with van der Waals surface area (Å²) in [6.07, 6.45) is -4.46. The molecule has 0 bridgehead atoms. The molecule has 2 rings (SSSR count). The number of hydrazine groups is 1. The predicted molar refractivity (Wildman–Crippen MR) is 72.6 cm³/mol. The Hall–Kier alpha value is -1.44. The molecule has 8 heteroatoms. The molecule has 0 saturated carbocycles. The second-order valence-electron chi connectivity index (χ2n) is 3.78. The number of hydrogen-bond acceptors (Lipinski definition) is 4. The molecule has 0 spiro atoms. The summed E-state index contributed by atoms with van der Waals surface area (Å²) in [4.78, 5) is 4.66. The number of aromatic nitrogens is 1. The number of hydrogen-bond donors (Lipinski definition) is 2. The summed E-state index contributed by atoms with van der Waals surface area (Å²) in [5.41, 5.74) is 1.31. The monoisotopic (exact) mass is 319 g/mol. The van der Waals surface area contributed by atoms with Gasteiger partial charge in [-0.05, 0) is 30.3 Å². The molecule has 0 radical (unpaired) electrons. The van der Waals surface area contributed by atoms with Crippen molar-refractivity contribution in [2.45, 2.75) is 16.1 Å². The smallest absolute Gasteiger partial charge is 0.308 e. The van der Waals surface area contributed by atoms with E-state index in [2.05, 4.69) is 10.4 Å². The van der Waals surface area contributed by atoms with Crippen LogP contribution in [0, 0.1) is 0 Å².